The molecule has 0 fully saturated rings. The molecular formula is C25H30O6. The maximum Gasteiger partial charge on any atom is 0.189 e. The summed E-state index contributed by atoms with van der Waals surface area (Å²) in [4.78, 5) is 12.5. The number of phenols is 3. The van der Waals surface area contributed by atoms with Crippen molar-refractivity contribution in [3.05, 3.63) is 70.8 Å². The minimum absolute atomic E-state index is 0.0753. The van der Waals surface area contributed by atoms with Crippen LogP contribution in [0.15, 0.2) is 54.1 Å². The van der Waals surface area contributed by atoms with Gasteiger partial charge in [-0.15, -0.1) is 0 Å². The van der Waals surface area contributed by atoms with Gasteiger partial charge in [0.25, 0.3) is 0 Å². The lowest BCUT2D eigenvalue weighted by Gasteiger charge is -2.24. The normalized spacial score (nSPS) is 13.5. The van der Waals surface area contributed by atoms with E-state index >= 15 is 0 Å². The fourth-order valence-corrected chi connectivity index (χ4v) is 2.97. The van der Waals surface area contributed by atoms with Crippen LogP contribution in [-0.4, -0.2) is 43.0 Å². The number of carbonyl (C=O) groups excluding carboxylic acids is 1. The van der Waals surface area contributed by atoms with E-state index < -0.39 is 17.5 Å². The van der Waals surface area contributed by atoms with Gasteiger partial charge in [0.05, 0.1) is 17.3 Å². The van der Waals surface area contributed by atoms with E-state index in [1.807, 2.05) is 13.0 Å². The number of aromatic hydroxyl groups is 3. The number of aliphatic hydroxyl groups is 2. The van der Waals surface area contributed by atoms with Gasteiger partial charge < -0.3 is 25.5 Å². The Kier molecular flexibility index (Phi) is 8.02. The second kappa shape index (κ2) is 10.3. The van der Waals surface area contributed by atoms with Crippen molar-refractivity contribution in [1.82, 2.24) is 0 Å². The average molecular weight is 427 g/mol. The fourth-order valence-electron chi connectivity index (χ4n) is 2.97. The first-order chi connectivity index (χ1) is 14.5. The average Bonchev–Trinajstić information content (AvgIpc) is 2.70. The van der Waals surface area contributed by atoms with Crippen LogP contribution in [0.4, 0.5) is 0 Å². The summed E-state index contributed by atoms with van der Waals surface area (Å²) in [6, 6.07) is 9.07. The summed E-state index contributed by atoms with van der Waals surface area (Å²) in [5.41, 5.74) is 0.777. The number of rotatable bonds is 9. The summed E-state index contributed by atoms with van der Waals surface area (Å²) in [6.45, 7) is 4.96. The molecular weight excluding hydrogens is 396 g/mol. The van der Waals surface area contributed by atoms with Crippen molar-refractivity contribution in [1.29, 1.82) is 0 Å². The van der Waals surface area contributed by atoms with Crippen molar-refractivity contribution in [2.75, 3.05) is 0 Å². The van der Waals surface area contributed by atoms with E-state index in [9.17, 15) is 30.3 Å². The first kappa shape index (κ1) is 24.2. The van der Waals surface area contributed by atoms with E-state index in [2.05, 4.69) is 0 Å². The first-order valence-electron chi connectivity index (χ1n) is 10.1. The summed E-state index contributed by atoms with van der Waals surface area (Å²) in [5.74, 6) is -0.680. The van der Waals surface area contributed by atoms with E-state index in [0.29, 0.717) is 12.8 Å². The molecule has 5 N–H and O–H groups in total. The molecule has 6 heteroatoms. The van der Waals surface area contributed by atoms with Gasteiger partial charge in [-0.2, -0.15) is 0 Å². The van der Waals surface area contributed by atoms with Gasteiger partial charge in [-0.3, -0.25) is 4.79 Å². The van der Waals surface area contributed by atoms with Crippen LogP contribution in [0.3, 0.4) is 0 Å². The Labute approximate surface area is 182 Å². The van der Waals surface area contributed by atoms with Gasteiger partial charge in [-0.1, -0.05) is 29.9 Å². The maximum absolute atomic E-state index is 12.5. The van der Waals surface area contributed by atoms with Gasteiger partial charge in [0, 0.05) is 5.56 Å². The summed E-state index contributed by atoms with van der Waals surface area (Å²) in [5, 5.41) is 49.8. The molecule has 0 saturated carbocycles. The molecule has 0 radical (unpaired) electrons. The lowest BCUT2D eigenvalue weighted by atomic mass is 9.95. The monoisotopic (exact) mass is 426 g/mol. The molecule has 2 aromatic rings. The third kappa shape index (κ3) is 6.98. The Morgan fingerprint density at radius 2 is 1.71 bits per heavy atom. The van der Waals surface area contributed by atoms with E-state index in [4.69, 9.17) is 0 Å². The van der Waals surface area contributed by atoms with E-state index in [1.54, 1.807) is 32.1 Å². The summed E-state index contributed by atoms with van der Waals surface area (Å²) in [6.07, 6.45) is 4.98. The molecule has 0 spiro atoms. The molecule has 166 valence electrons. The van der Waals surface area contributed by atoms with Gasteiger partial charge >= 0.3 is 0 Å². The molecule has 31 heavy (non-hydrogen) atoms. The third-order valence-corrected chi connectivity index (χ3v) is 5.13. The van der Waals surface area contributed by atoms with Crippen LogP contribution in [-0.2, 0) is 6.42 Å². The minimum atomic E-state index is -1.18. The van der Waals surface area contributed by atoms with E-state index in [1.165, 1.54) is 30.3 Å². The fraction of sp³-hybridized carbons (Fsp3) is 0.320. The van der Waals surface area contributed by atoms with Gasteiger partial charge in [0.15, 0.2) is 5.78 Å². The second-order valence-corrected chi connectivity index (χ2v) is 8.21. The van der Waals surface area contributed by atoms with Crippen LogP contribution >= 0.6 is 0 Å². The molecule has 1 atom stereocenters. The Balaban J connectivity index is 2.12. The maximum atomic E-state index is 12.5. The van der Waals surface area contributed by atoms with Gasteiger partial charge in [-0.05, 0) is 75.9 Å². The Morgan fingerprint density at radius 1 is 1.06 bits per heavy atom. The molecule has 0 aliphatic heterocycles. The highest BCUT2D eigenvalue weighted by molar-refractivity contribution is 6.09. The molecule has 0 amide bonds. The van der Waals surface area contributed by atoms with Gasteiger partial charge in [0.1, 0.15) is 17.2 Å². The summed E-state index contributed by atoms with van der Waals surface area (Å²) in [7, 11) is 0. The highest BCUT2D eigenvalue weighted by atomic mass is 16.3. The highest BCUT2D eigenvalue weighted by Crippen LogP contribution is 2.32. The van der Waals surface area contributed by atoms with Crippen LogP contribution in [0.1, 0.15) is 55.1 Å². The predicted molar refractivity (Wildman–Crippen MR) is 120 cm³/mol. The third-order valence-electron chi connectivity index (χ3n) is 5.13. The van der Waals surface area contributed by atoms with Crippen molar-refractivity contribution in [3.63, 3.8) is 0 Å². The zero-order valence-electron chi connectivity index (χ0n) is 18.0. The summed E-state index contributed by atoms with van der Waals surface area (Å²) < 4.78 is 0. The number of hydrogen-bond acceptors (Lipinski definition) is 6. The number of aliphatic hydroxyl groups excluding tert-OH is 1. The zero-order chi connectivity index (χ0) is 23.2. The molecule has 0 aliphatic rings. The number of phenolic OH excluding ortho intramolecular Hbond substituents is 3. The molecule has 0 bridgehead atoms. The number of ketones is 1. The lowest BCUT2D eigenvalue weighted by Crippen LogP contribution is -2.35. The Morgan fingerprint density at radius 3 is 2.32 bits per heavy atom. The smallest absolute Gasteiger partial charge is 0.189 e. The standard InChI is InChI=1S/C25H30O6/c1-16(5-15-23(29)25(2,3)31)4-11-19-22(28)14-12-20(24(19)30)21(27)13-8-17-6-9-18(26)10-7-17/h4,6-10,12-14,23,26,28-31H,5,11,15H2,1-3H3/b13-8+,16-4+. The highest BCUT2D eigenvalue weighted by Gasteiger charge is 2.23. The van der Waals surface area contributed by atoms with Crippen LogP contribution in [0.5, 0.6) is 17.2 Å². The van der Waals surface area contributed by atoms with Crippen LogP contribution in [0.2, 0.25) is 0 Å². The van der Waals surface area contributed by atoms with Crippen LogP contribution in [0.25, 0.3) is 6.08 Å². The topological polar surface area (TPSA) is 118 Å². The second-order valence-electron chi connectivity index (χ2n) is 8.21. The molecule has 0 aromatic heterocycles. The quantitative estimate of drug-likeness (QED) is 0.234. The Hall–Kier alpha value is -3.09. The van der Waals surface area contributed by atoms with Crippen molar-refractivity contribution in [2.45, 2.75) is 51.7 Å². The molecule has 1 unspecified atom stereocenters. The number of benzene rings is 2. The largest absolute Gasteiger partial charge is 0.508 e. The SMILES string of the molecule is C/C(=C\Cc1c(O)ccc(C(=O)/C=C/c2ccc(O)cc2)c1O)CCC(O)C(C)(C)O. The van der Waals surface area contributed by atoms with Crippen molar-refractivity contribution in [3.8, 4) is 17.2 Å². The van der Waals surface area contributed by atoms with Crippen molar-refractivity contribution >= 4 is 11.9 Å². The van der Waals surface area contributed by atoms with E-state index in [-0.39, 0.29) is 34.8 Å². The van der Waals surface area contributed by atoms with Crippen LogP contribution in [0, 0.1) is 0 Å². The van der Waals surface area contributed by atoms with Crippen molar-refractivity contribution in [2.24, 2.45) is 0 Å². The van der Waals surface area contributed by atoms with Crippen molar-refractivity contribution < 1.29 is 30.3 Å². The lowest BCUT2D eigenvalue weighted by molar-refractivity contribution is -0.0509. The first-order valence-corrected chi connectivity index (χ1v) is 10.1. The summed E-state index contributed by atoms with van der Waals surface area (Å²) >= 11 is 0. The number of allylic oxidation sites excluding steroid dienone is 3. The van der Waals surface area contributed by atoms with Gasteiger partial charge in [-0.25, -0.2) is 0 Å². The number of carbonyl (C=O) groups is 1. The van der Waals surface area contributed by atoms with Crippen LogP contribution < -0.4 is 0 Å². The Bertz CT molecular complexity index is 965. The van der Waals surface area contributed by atoms with Gasteiger partial charge in [0.2, 0.25) is 0 Å². The minimum Gasteiger partial charge on any atom is -0.508 e. The molecule has 0 heterocycles. The zero-order valence-corrected chi connectivity index (χ0v) is 18.0. The molecule has 2 aromatic carbocycles. The molecule has 0 saturated heterocycles. The van der Waals surface area contributed by atoms with E-state index in [0.717, 1.165) is 11.1 Å². The molecule has 0 aliphatic carbocycles. The molecule has 2 rings (SSSR count). The molecule has 6 nitrogen and oxygen atoms in total. The number of hydrogen-bond donors (Lipinski definition) is 5. The predicted octanol–water partition coefficient (Wildman–Crippen LogP) is 4.10.